The molecule has 1 aromatic rings. The van der Waals surface area contributed by atoms with E-state index in [4.69, 9.17) is 0 Å². The predicted octanol–water partition coefficient (Wildman–Crippen LogP) is 1.16. The molecule has 0 aliphatic carbocycles. The normalized spacial score (nSPS) is 17.4. The molecule has 1 saturated heterocycles. The smallest absolute Gasteiger partial charge is 0.311 e. The Balaban J connectivity index is 2.17. The first-order valence-corrected chi connectivity index (χ1v) is 8.84. The fourth-order valence-corrected chi connectivity index (χ4v) is 3.56. The minimum atomic E-state index is -3.18. The van der Waals surface area contributed by atoms with Crippen LogP contribution in [0.2, 0.25) is 0 Å². The van der Waals surface area contributed by atoms with Crippen LogP contribution >= 0.6 is 0 Å². The Kier molecular flexibility index (Phi) is 4.66. The van der Waals surface area contributed by atoms with E-state index in [-0.39, 0.29) is 11.7 Å². The second-order valence-corrected chi connectivity index (χ2v) is 7.60. The summed E-state index contributed by atoms with van der Waals surface area (Å²) in [5, 5.41) is 11.2. The maximum Gasteiger partial charge on any atom is 0.311 e. The van der Waals surface area contributed by atoms with E-state index in [1.54, 1.807) is 25.1 Å². The monoisotopic (exact) mass is 328 g/mol. The van der Waals surface area contributed by atoms with Gasteiger partial charge >= 0.3 is 5.69 Å². The number of hydrogen-bond donors (Lipinski definition) is 0. The van der Waals surface area contributed by atoms with Crippen molar-refractivity contribution in [1.82, 2.24) is 9.29 Å². The van der Waals surface area contributed by atoms with Gasteiger partial charge < -0.3 is 4.90 Å². The molecule has 0 radical (unpaired) electrons. The van der Waals surface area contributed by atoms with Crippen molar-refractivity contribution in [2.75, 3.05) is 31.3 Å². The fraction of sp³-hybridized carbons (Fsp3) is 0.615. The lowest BCUT2D eigenvalue weighted by atomic mass is 10.1. The van der Waals surface area contributed by atoms with Crippen LogP contribution in [0.4, 0.5) is 11.5 Å². The number of anilines is 1. The highest BCUT2D eigenvalue weighted by Crippen LogP contribution is 2.29. The van der Waals surface area contributed by atoms with Gasteiger partial charge in [-0.05, 0) is 25.3 Å². The van der Waals surface area contributed by atoms with Crippen LogP contribution < -0.4 is 4.90 Å². The molecule has 2 heterocycles. The average molecular weight is 328 g/mol. The van der Waals surface area contributed by atoms with Crippen molar-refractivity contribution in [3.63, 3.8) is 0 Å². The number of aromatic nitrogens is 1. The van der Waals surface area contributed by atoms with Gasteiger partial charge in [0.1, 0.15) is 0 Å². The summed E-state index contributed by atoms with van der Waals surface area (Å²) in [6.45, 7) is 2.61. The van der Waals surface area contributed by atoms with Crippen LogP contribution in [0, 0.1) is 17.0 Å². The Morgan fingerprint density at radius 2 is 2.00 bits per heavy atom. The topological polar surface area (TPSA) is 96.7 Å². The van der Waals surface area contributed by atoms with Gasteiger partial charge in [0.05, 0.1) is 11.2 Å². The lowest BCUT2D eigenvalue weighted by Crippen LogP contribution is -2.45. The molecule has 0 bridgehead atoms. The van der Waals surface area contributed by atoms with Crippen LogP contribution in [0.1, 0.15) is 18.4 Å². The van der Waals surface area contributed by atoms with E-state index in [1.165, 1.54) is 16.6 Å². The zero-order valence-corrected chi connectivity index (χ0v) is 13.7. The third-order valence-corrected chi connectivity index (χ3v) is 5.26. The molecule has 1 aromatic heterocycles. The molecule has 1 fully saturated rings. The van der Waals surface area contributed by atoms with E-state index >= 15 is 0 Å². The lowest BCUT2D eigenvalue weighted by molar-refractivity contribution is -0.384. The number of nitro groups is 1. The Labute approximate surface area is 129 Å². The standard InChI is InChI=1S/C13H20N4O4S/c1-10-8-12(17(18)19)13(14-9-10)15(2)11-4-6-16(7-5-11)22(3,20)21/h8-9,11H,4-7H2,1-3H3. The van der Waals surface area contributed by atoms with Gasteiger partial charge in [-0.25, -0.2) is 17.7 Å². The van der Waals surface area contributed by atoms with Crippen molar-refractivity contribution in [1.29, 1.82) is 0 Å². The Morgan fingerprint density at radius 1 is 1.41 bits per heavy atom. The van der Waals surface area contributed by atoms with Crippen molar-refractivity contribution < 1.29 is 13.3 Å². The quantitative estimate of drug-likeness (QED) is 0.608. The number of hydrogen-bond acceptors (Lipinski definition) is 6. The van der Waals surface area contributed by atoms with Gasteiger partial charge in [-0.3, -0.25) is 10.1 Å². The Hall–Kier alpha value is -1.74. The van der Waals surface area contributed by atoms with E-state index in [2.05, 4.69) is 4.98 Å². The molecular formula is C13H20N4O4S. The fourth-order valence-electron chi connectivity index (χ4n) is 2.69. The van der Waals surface area contributed by atoms with Crippen LogP contribution in [0.15, 0.2) is 12.3 Å². The molecule has 1 aliphatic rings. The molecule has 2 rings (SSSR count). The minimum absolute atomic E-state index is 0.0203. The Bertz CT molecular complexity index is 669. The highest BCUT2D eigenvalue weighted by Gasteiger charge is 2.30. The summed E-state index contributed by atoms with van der Waals surface area (Å²) in [7, 11) is -1.41. The van der Waals surface area contributed by atoms with E-state index in [0.717, 1.165) is 5.56 Å². The molecule has 9 heteroatoms. The number of nitrogens with zero attached hydrogens (tertiary/aromatic N) is 4. The summed E-state index contributed by atoms with van der Waals surface area (Å²) in [4.78, 5) is 16.7. The van der Waals surface area contributed by atoms with Crippen LogP contribution in [0.25, 0.3) is 0 Å². The second kappa shape index (κ2) is 6.17. The molecule has 0 spiro atoms. The molecular weight excluding hydrogens is 308 g/mol. The predicted molar refractivity (Wildman–Crippen MR) is 83.5 cm³/mol. The molecule has 22 heavy (non-hydrogen) atoms. The summed E-state index contributed by atoms with van der Waals surface area (Å²) in [6, 6.07) is 1.54. The third-order valence-electron chi connectivity index (χ3n) is 3.95. The summed E-state index contributed by atoms with van der Waals surface area (Å²) < 4.78 is 24.5. The largest absolute Gasteiger partial charge is 0.351 e. The van der Waals surface area contributed by atoms with E-state index < -0.39 is 14.9 Å². The molecule has 0 N–H and O–H groups in total. The molecule has 0 amide bonds. The first-order valence-electron chi connectivity index (χ1n) is 6.99. The minimum Gasteiger partial charge on any atom is -0.351 e. The number of pyridine rings is 1. The van der Waals surface area contributed by atoms with Gasteiger partial charge in [-0.15, -0.1) is 0 Å². The van der Waals surface area contributed by atoms with Crippen LogP contribution in [-0.2, 0) is 10.0 Å². The summed E-state index contributed by atoms with van der Waals surface area (Å²) in [5.41, 5.74) is 0.712. The van der Waals surface area contributed by atoms with Crippen molar-refractivity contribution in [3.8, 4) is 0 Å². The van der Waals surface area contributed by atoms with Gasteiger partial charge in [0.2, 0.25) is 15.8 Å². The van der Waals surface area contributed by atoms with Crippen LogP contribution in [0.5, 0.6) is 0 Å². The van der Waals surface area contributed by atoms with E-state index in [1.807, 2.05) is 0 Å². The van der Waals surface area contributed by atoms with Gasteiger partial charge in [0.25, 0.3) is 0 Å². The number of sulfonamides is 1. The average Bonchev–Trinajstić information content (AvgIpc) is 2.45. The zero-order valence-electron chi connectivity index (χ0n) is 12.9. The highest BCUT2D eigenvalue weighted by atomic mass is 32.2. The summed E-state index contributed by atoms with van der Waals surface area (Å²) in [5.74, 6) is 0.327. The van der Waals surface area contributed by atoms with Gasteiger partial charge in [0.15, 0.2) is 0 Å². The van der Waals surface area contributed by atoms with E-state index in [0.29, 0.717) is 31.7 Å². The van der Waals surface area contributed by atoms with Gasteiger partial charge in [-0.1, -0.05) is 0 Å². The third kappa shape index (κ3) is 3.53. The molecule has 1 aliphatic heterocycles. The van der Waals surface area contributed by atoms with Gasteiger partial charge in [-0.2, -0.15) is 0 Å². The van der Waals surface area contributed by atoms with Crippen molar-refractivity contribution in [3.05, 3.63) is 27.9 Å². The number of piperidine rings is 1. The SMILES string of the molecule is Cc1cnc(N(C)C2CCN(S(C)(=O)=O)CC2)c([N+](=O)[O-])c1. The zero-order chi connectivity index (χ0) is 16.5. The molecule has 8 nitrogen and oxygen atoms in total. The molecule has 0 saturated carbocycles. The first-order chi connectivity index (χ1) is 10.2. The highest BCUT2D eigenvalue weighted by molar-refractivity contribution is 7.88. The van der Waals surface area contributed by atoms with Crippen molar-refractivity contribution in [2.45, 2.75) is 25.8 Å². The summed E-state index contributed by atoms with van der Waals surface area (Å²) in [6.07, 6.45) is 4.04. The van der Waals surface area contributed by atoms with Crippen molar-refractivity contribution in [2.24, 2.45) is 0 Å². The lowest BCUT2D eigenvalue weighted by Gasteiger charge is -2.35. The molecule has 0 unspecified atom stereocenters. The molecule has 122 valence electrons. The molecule has 0 aromatic carbocycles. The van der Waals surface area contributed by atoms with E-state index in [9.17, 15) is 18.5 Å². The number of rotatable bonds is 4. The van der Waals surface area contributed by atoms with Crippen LogP contribution in [0.3, 0.4) is 0 Å². The maximum atomic E-state index is 11.5. The summed E-state index contributed by atoms with van der Waals surface area (Å²) >= 11 is 0. The first kappa shape index (κ1) is 16.6. The maximum absolute atomic E-state index is 11.5. The van der Waals surface area contributed by atoms with Crippen LogP contribution in [-0.4, -0.2) is 55.1 Å². The Morgan fingerprint density at radius 3 is 2.50 bits per heavy atom. The second-order valence-electron chi connectivity index (χ2n) is 5.62. The van der Waals surface area contributed by atoms with Gasteiger partial charge in [0, 0.05) is 38.4 Å². The molecule has 0 atom stereocenters. The number of aryl methyl sites for hydroxylation is 1. The van der Waals surface area contributed by atoms with Crippen molar-refractivity contribution >= 4 is 21.5 Å².